The highest BCUT2D eigenvalue weighted by atomic mass is 16.4. The van der Waals surface area contributed by atoms with Crippen LogP contribution in [0.2, 0.25) is 0 Å². The summed E-state index contributed by atoms with van der Waals surface area (Å²) in [6, 6.07) is 4.03. The van der Waals surface area contributed by atoms with Gasteiger partial charge in [-0.2, -0.15) is 0 Å². The molecular formula is C13H19N3O2. The molecule has 98 valence electrons. The summed E-state index contributed by atoms with van der Waals surface area (Å²) >= 11 is 0. The van der Waals surface area contributed by atoms with Crippen LogP contribution in [0.5, 0.6) is 0 Å². The van der Waals surface area contributed by atoms with E-state index in [1.807, 2.05) is 0 Å². The van der Waals surface area contributed by atoms with E-state index in [-0.39, 0.29) is 5.76 Å². The normalized spacial score (nSPS) is 11.5. The van der Waals surface area contributed by atoms with Crippen molar-refractivity contribution in [1.82, 2.24) is 14.9 Å². The summed E-state index contributed by atoms with van der Waals surface area (Å²) in [4.78, 5) is 15.8. The van der Waals surface area contributed by atoms with Crippen LogP contribution in [0.25, 0.3) is 11.2 Å². The monoisotopic (exact) mass is 249 g/mol. The molecule has 0 aliphatic heterocycles. The average Bonchev–Trinajstić information content (AvgIpc) is 2.65. The van der Waals surface area contributed by atoms with Crippen molar-refractivity contribution in [1.29, 1.82) is 0 Å². The number of hydrogen-bond acceptors (Lipinski definition) is 4. The van der Waals surface area contributed by atoms with Crippen LogP contribution in [0.3, 0.4) is 0 Å². The van der Waals surface area contributed by atoms with E-state index in [1.54, 1.807) is 22.9 Å². The van der Waals surface area contributed by atoms with Crippen LogP contribution in [0, 0.1) is 0 Å². The van der Waals surface area contributed by atoms with Gasteiger partial charge < -0.3 is 9.73 Å². The van der Waals surface area contributed by atoms with E-state index in [4.69, 9.17) is 4.42 Å². The van der Waals surface area contributed by atoms with Crippen molar-refractivity contribution >= 4 is 11.2 Å². The van der Waals surface area contributed by atoms with Gasteiger partial charge in [-0.1, -0.05) is 13.8 Å². The first-order valence-corrected chi connectivity index (χ1v) is 6.36. The van der Waals surface area contributed by atoms with Gasteiger partial charge in [0.15, 0.2) is 11.2 Å². The van der Waals surface area contributed by atoms with E-state index < -0.39 is 0 Å². The molecule has 0 spiro atoms. The summed E-state index contributed by atoms with van der Waals surface area (Å²) in [6.07, 6.45) is 3.64. The molecule has 0 aromatic carbocycles. The molecule has 5 heteroatoms. The van der Waals surface area contributed by atoms with Crippen molar-refractivity contribution in [3.63, 3.8) is 0 Å². The van der Waals surface area contributed by atoms with Gasteiger partial charge in [0.1, 0.15) is 0 Å². The molecule has 2 heterocycles. The van der Waals surface area contributed by atoms with Gasteiger partial charge in [-0.3, -0.25) is 4.57 Å². The van der Waals surface area contributed by atoms with Crippen molar-refractivity contribution in [3.8, 4) is 0 Å². The van der Waals surface area contributed by atoms with Gasteiger partial charge in [0.2, 0.25) is 0 Å². The molecule has 18 heavy (non-hydrogen) atoms. The van der Waals surface area contributed by atoms with E-state index in [1.165, 1.54) is 0 Å². The molecule has 0 unspecified atom stereocenters. The average molecular weight is 249 g/mol. The quantitative estimate of drug-likeness (QED) is 0.793. The van der Waals surface area contributed by atoms with Crippen LogP contribution in [-0.4, -0.2) is 22.1 Å². The van der Waals surface area contributed by atoms with Crippen molar-refractivity contribution in [3.05, 3.63) is 28.9 Å². The number of unbranched alkanes of at least 4 members (excludes halogenated alkanes) is 1. The number of fused-ring (bicyclic) bond motifs is 1. The van der Waals surface area contributed by atoms with E-state index in [9.17, 15) is 4.79 Å². The zero-order valence-corrected chi connectivity index (χ0v) is 10.8. The Morgan fingerprint density at radius 1 is 1.44 bits per heavy atom. The van der Waals surface area contributed by atoms with Gasteiger partial charge in [-0.05, 0) is 31.5 Å². The molecule has 0 fully saturated rings. The smallest absolute Gasteiger partial charge is 0.406 e. The molecule has 2 aromatic heterocycles. The van der Waals surface area contributed by atoms with E-state index >= 15 is 0 Å². The summed E-state index contributed by atoms with van der Waals surface area (Å²) in [7, 11) is 0. The number of rotatable bonds is 6. The Morgan fingerprint density at radius 3 is 3.06 bits per heavy atom. The topological polar surface area (TPSA) is 60.1 Å². The van der Waals surface area contributed by atoms with Gasteiger partial charge in [0, 0.05) is 18.8 Å². The molecule has 0 bridgehead atoms. The standard InChI is InChI=1S/C13H19N3O2/c1-10(2)14-7-3-4-9-16-12-11(18-13(16)17)6-5-8-15-12/h5-6,8,10,14H,3-4,7,9H2,1-2H3. The predicted octanol–water partition coefficient (Wildman–Crippen LogP) is 1.77. The molecular weight excluding hydrogens is 230 g/mol. The summed E-state index contributed by atoms with van der Waals surface area (Å²) in [5.74, 6) is -0.319. The molecule has 0 radical (unpaired) electrons. The Morgan fingerprint density at radius 2 is 2.28 bits per heavy atom. The van der Waals surface area contributed by atoms with Crippen molar-refractivity contribution in [2.24, 2.45) is 0 Å². The molecule has 1 N–H and O–H groups in total. The minimum absolute atomic E-state index is 0.319. The van der Waals surface area contributed by atoms with Crippen molar-refractivity contribution < 1.29 is 4.42 Å². The van der Waals surface area contributed by atoms with Gasteiger partial charge in [0.25, 0.3) is 0 Å². The van der Waals surface area contributed by atoms with Gasteiger partial charge in [-0.15, -0.1) is 0 Å². The van der Waals surface area contributed by atoms with E-state index in [0.29, 0.717) is 23.8 Å². The highest BCUT2D eigenvalue weighted by Crippen LogP contribution is 2.09. The minimum Gasteiger partial charge on any atom is -0.406 e. The molecule has 0 atom stereocenters. The minimum atomic E-state index is -0.319. The van der Waals surface area contributed by atoms with Crippen LogP contribution < -0.4 is 11.1 Å². The molecule has 0 saturated heterocycles. The maximum atomic E-state index is 11.7. The molecule has 0 aliphatic carbocycles. The maximum absolute atomic E-state index is 11.7. The third kappa shape index (κ3) is 2.98. The van der Waals surface area contributed by atoms with Crippen LogP contribution >= 0.6 is 0 Å². The third-order valence-corrected chi connectivity index (χ3v) is 2.79. The fourth-order valence-corrected chi connectivity index (χ4v) is 1.88. The maximum Gasteiger partial charge on any atom is 0.421 e. The zero-order chi connectivity index (χ0) is 13.0. The van der Waals surface area contributed by atoms with Crippen molar-refractivity contribution in [2.75, 3.05) is 6.54 Å². The van der Waals surface area contributed by atoms with E-state index in [2.05, 4.69) is 24.1 Å². The summed E-state index contributed by atoms with van der Waals surface area (Å²) in [5.41, 5.74) is 1.20. The Labute approximate surface area is 106 Å². The fraction of sp³-hybridized carbons (Fsp3) is 0.538. The Balaban J connectivity index is 1.95. The first kappa shape index (κ1) is 12.8. The lowest BCUT2D eigenvalue weighted by atomic mass is 10.3. The zero-order valence-electron chi connectivity index (χ0n) is 10.8. The number of hydrogen-bond donors (Lipinski definition) is 1. The lowest BCUT2D eigenvalue weighted by Crippen LogP contribution is -2.24. The van der Waals surface area contributed by atoms with Gasteiger partial charge in [-0.25, -0.2) is 9.78 Å². The SMILES string of the molecule is CC(C)NCCCCn1c(=O)oc2cccnc21. The Kier molecular flexibility index (Phi) is 4.15. The van der Waals surface area contributed by atoms with Crippen molar-refractivity contribution in [2.45, 2.75) is 39.3 Å². The molecule has 0 saturated carbocycles. The number of aromatic nitrogens is 2. The highest BCUT2D eigenvalue weighted by molar-refractivity contribution is 5.67. The third-order valence-electron chi connectivity index (χ3n) is 2.79. The largest absolute Gasteiger partial charge is 0.421 e. The number of oxazole rings is 1. The number of nitrogens with zero attached hydrogens (tertiary/aromatic N) is 2. The summed E-state index contributed by atoms with van der Waals surface area (Å²) < 4.78 is 6.73. The van der Waals surface area contributed by atoms with Gasteiger partial charge in [0.05, 0.1) is 0 Å². The summed E-state index contributed by atoms with van der Waals surface area (Å²) in [6.45, 7) is 5.87. The first-order chi connectivity index (χ1) is 8.68. The Hall–Kier alpha value is -1.62. The lowest BCUT2D eigenvalue weighted by molar-refractivity contribution is 0.481. The lowest BCUT2D eigenvalue weighted by Gasteiger charge is -2.07. The van der Waals surface area contributed by atoms with Crippen LogP contribution in [0.15, 0.2) is 27.5 Å². The van der Waals surface area contributed by atoms with Crippen LogP contribution in [0.1, 0.15) is 26.7 Å². The van der Waals surface area contributed by atoms with Crippen LogP contribution in [-0.2, 0) is 6.54 Å². The first-order valence-electron chi connectivity index (χ1n) is 6.36. The number of nitrogens with one attached hydrogen (secondary N) is 1. The predicted molar refractivity (Wildman–Crippen MR) is 70.6 cm³/mol. The molecule has 0 aliphatic rings. The second-order valence-electron chi connectivity index (χ2n) is 4.66. The second-order valence-corrected chi connectivity index (χ2v) is 4.66. The summed E-state index contributed by atoms with van der Waals surface area (Å²) in [5, 5.41) is 3.35. The fourth-order valence-electron chi connectivity index (χ4n) is 1.88. The molecule has 2 rings (SSSR count). The molecule has 5 nitrogen and oxygen atoms in total. The molecule has 2 aromatic rings. The highest BCUT2D eigenvalue weighted by Gasteiger charge is 2.08. The number of pyridine rings is 1. The van der Waals surface area contributed by atoms with Gasteiger partial charge >= 0.3 is 5.76 Å². The molecule has 0 amide bonds. The Bertz CT molecular complexity index is 557. The second kappa shape index (κ2) is 5.82. The van der Waals surface area contributed by atoms with E-state index in [0.717, 1.165) is 19.4 Å². The van der Waals surface area contributed by atoms with Crippen LogP contribution in [0.4, 0.5) is 0 Å². The number of aryl methyl sites for hydroxylation is 1.